The lowest BCUT2D eigenvalue weighted by molar-refractivity contribution is -0.115. The van der Waals surface area contributed by atoms with Crippen molar-refractivity contribution in [1.82, 2.24) is 0 Å². The lowest BCUT2D eigenvalue weighted by atomic mass is 10.1. The summed E-state index contributed by atoms with van der Waals surface area (Å²) in [4.78, 5) is 9.90. The second-order valence-corrected chi connectivity index (χ2v) is 2.06. The van der Waals surface area contributed by atoms with Gasteiger partial charge in [0.05, 0.1) is 14.1 Å². The molecule has 3 atom stereocenters. The van der Waals surface area contributed by atoms with Gasteiger partial charge in [0.15, 0.2) is 0 Å². The molecule has 0 spiro atoms. The fraction of sp³-hybridized carbons (Fsp3) is 0.833. The molecule has 0 aliphatic carbocycles. The molecular weight excluding hydrogens is 152 g/mol. The molecule has 0 aliphatic heterocycles. The van der Waals surface area contributed by atoms with Gasteiger partial charge in [-0.2, -0.15) is 0 Å². The number of rotatable bonds is 5. The maximum atomic E-state index is 9.90. The summed E-state index contributed by atoms with van der Waals surface area (Å²) in [6, 6.07) is 0. The number of hydrogen-bond acceptors (Lipinski definition) is 5. The first-order chi connectivity index (χ1) is 5.45. The van der Waals surface area contributed by atoms with Crippen molar-refractivity contribution in [2.24, 2.45) is 0 Å². The molecule has 0 aliphatic rings. The minimum absolute atomic E-state index is 0.250. The minimum Gasteiger partial charge on any atom is -0.394 e. The third-order valence-electron chi connectivity index (χ3n) is 1.19. The number of aliphatic hydroxyl groups excluding tert-OH is 3. The van der Waals surface area contributed by atoms with Gasteiger partial charge >= 0.3 is 0 Å². The van der Waals surface area contributed by atoms with Crippen LogP contribution in [0.3, 0.4) is 0 Å². The van der Waals surface area contributed by atoms with Crippen molar-refractivity contribution in [3.63, 3.8) is 0 Å². The van der Waals surface area contributed by atoms with Gasteiger partial charge in [0.2, 0.25) is 0 Å². The zero-order chi connectivity index (χ0) is 9.78. The molecule has 0 aromatic carbocycles. The Morgan fingerprint density at radius 1 is 1.45 bits per heavy atom. The Kier molecular flexibility index (Phi) is 4.07. The molecule has 4 N–H and O–H groups in total. The molecule has 5 nitrogen and oxygen atoms in total. The van der Waals surface area contributed by atoms with Gasteiger partial charge in [-0.1, -0.05) is 0 Å². The standard InChI is InChI=1S/C6H12O5/c7-2-1-4(9)6(11)5(10)3-8/h2,4-6,8-11H,1,3H2/t4-,5-,6+/m1/s1/i4T. The highest BCUT2D eigenvalue weighted by Crippen LogP contribution is 2.01. The highest BCUT2D eigenvalue weighted by molar-refractivity contribution is 5.50. The van der Waals surface area contributed by atoms with Crippen molar-refractivity contribution >= 4 is 6.29 Å². The lowest BCUT2D eigenvalue weighted by Crippen LogP contribution is -2.39. The van der Waals surface area contributed by atoms with Crippen LogP contribution in [0.4, 0.5) is 0 Å². The van der Waals surface area contributed by atoms with Crippen LogP contribution >= 0.6 is 0 Å². The van der Waals surface area contributed by atoms with Crippen LogP contribution in [0, 0.1) is 0 Å². The summed E-state index contributed by atoms with van der Waals surface area (Å²) in [7, 11) is 0. The number of hydrogen-bond donors (Lipinski definition) is 4. The molecule has 0 fully saturated rings. The van der Waals surface area contributed by atoms with Gasteiger partial charge in [-0.25, -0.2) is 0 Å². The van der Waals surface area contributed by atoms with E-state index in [1.807, 2.05) is 0 Å². The normalized spacial score (nSPS) is 23.1. The first-order valence-electron chi connectivity index (χ1n) is 3.58. The van der Waals surface area contributed by atoms with Crippen LogP contribution < -0.4 is 0 Å². The van der Waals surface area contributed by atoms with Crippen LogP contribution in [-0.2, 0) is 4.79 Å². The summed E-state index contributed by atoms with van der Waals surface area (Å²) < 4.78 is 6.97. The van der Waals surface area contributed by atoms with E-state index in [-0.39, 0.29) is 6.29 Å². The molecule has 0 saturated carbocycles. The highest BCUT2D eigenvalue weighted by Gasteiger charge is 2.23. The molecule has 5 heteroatoms. The van der Waals surface area contributed by atoms with Crippen molar-refractivity contribution in [3.05, 3.63) is 0 Å². The maximum Gasteiger partial charge on any atom is 0.122 e. The first-order valence-corrected chi connectivity index (χ1v) is 3.08. The van der Waals surface area contributed by atoms with Gasteiger partial charge in [0, 0.05) is 6.42 Å². The maximum absolute atomic E-state index is 9.90. The van der Waals surface area contributed by atoms with Crippen molar-refractivity contribution < 1.29 is 26.6 Å². The summed E-state index contributed by atoms with van der Waals surface area (Å²) in [5.41, 5.74) is 0. The average Bonchev–Trinajstić information content (AvgIpc) is 2.01. The molecule has 0 aromatic heterocycles. The third-order valence-corrected chi connectivity index (χ3v) is 1.19. The minimum atomic E-state index is -2.44. The van der Waals surface area contributed by atoms with Crippen LogP contribution in [0.15, 0.2) is 0 Å². The largest absolute Gasteiger partial charge is 0.394 e. The Balaban J connectivity index is 4.22. The van der Waals surface area contributed by atoms with Gasteiger partial charge in [0.1, 0.15) is 18.5 Å². The Morgan fingerprint density at radius 3 is 2.36 bits per heavy atom. The third kappa shape index (κ3) is 3.43. The van der Waals surface area contributed by atoms with Gasteiger partial charge < -0.3 is 25.2 Å². The zero-order valence-electron chi connectivity index (χ0n) is 6.84. The monoisotopic (exact) mass is 166 g/mol. The van der Waals surface area contributed by atoms with Crippen LogP contribution in [0.5, 0.6) is 0 Å². The van der Waals surface area contributed by atoms with E-state index >= 15 is 0 Å². The van der Waals surface area contributed by atoms with Gasteiger partial charge in [0.25, 0.3) is 0 Å². The number of carbonyl (C=O) groups excluding carboxylic acids is 1. The smallest absolute Gasteiger partial charge is 0.122 e. The fourth-order valence-corrected chi connectivity index (χ4v) is 0.528. The predicted molar refractivity (Wildman–Crippen MR) is 35.8 cm³/mol. The van der Waals surface area contributed by atoms with Crippen LogP contribution in [0.1, 0.15) is 7.79 Å². The second kappa shape index (κ2) is 5.20. The molecule has 0 amide bonds. The van der Waals surface area contributed by atoms with Gasteiger partial charge in [-0.05, 0) is 0 Å². The van der Waals surface area contributed by atoms with Gasteiger partial charge in [-0.15, -0.1) is 0 Å². The summed E-state index contributed by atoms with van der Waals surface area (Å²) >= 11 is 0. The van der Waals surface area contributed by atoms with E-state index in [4.69, 9.17) is 21.8 Å². The van der Waals surface area contributed by atoms with Crippen molar-refractivity contribution in [2.75, 3.05) is 6.61 Å². The Labute approximate surface area is 65.3 Å². The lowest BCUT2D eigenvalue weighted by Gasteiger charge is -2.19. The molecular formula is C6H12O5. The van der Waals surface area contributed by atoms with Crippen LogP contribution in [0.2, 0.25) is 0 Å². The van der Waals surface area contributed by atoms with Crippen LogP contribution in [0.25, 0.3) is 0 Å². The number of carbonyl (C=O) groups is 1. The van der Waals surface area contributed by atoms with E-state index in [1.165, 1.54) is 0 Å². The molecule has 0 unspecified atom stereocenters. The Bertz CT molecular complexity index is 149. The van der Waals surface area contributed by atoms with Gasteiger partial charge in [-0.3, -0.25) is 0 Å². The van der Waals surface area contributed by atoms with E-state index in [0.29, 0.717) is 0 Å². The molecule has 0 rings (SSSR count). The summed E-state index contributed by atoms with van der Waals surface area (Å²) in [6.07, 6.45) is -6.28. The summed E-state index contributed by atoms with van der Waals surface area (Å²) in [5.74, 6) is 0. The molecule has 0 radical (unpaired) electrons. The van der Waals surface area contributed by atoms with E-state index in [9.17, 15) is 4.79 Å². The highest BCUT2D eigenvalue weighted by atomic mass is 16.4. The molecule has 66 valence electrons. The summed E-state index contributed by atoms with van der Waals surface area (Å²) in [6.45, 7) is -0.777. The quantitative estimate of drug-likeness (QED) is 0.343. The van der Waals surface area contributed by atoms with E-state index in [0.717, 1.165) is 0 Å². The Hall–Kier alpha value is -0.490. The first kappa shape index (κ1) is 8.61. The molecule has 0 aromatic rings. The second-order valence-electron chi connectivity index (χ2n) is 2.06. The Morgan fingerprint density at radius 2 is 2.00 bits per heavy atom. The van der Waals surface area contributed by atoms with E-state index in [1.54, 1.807) is 0 Å². The SMILES string of the molecule is [3H][C@@](O)(CC=O)[C@H](O)[C@H](O)CO. The fourth-order valence-electron chi connectivity index (χ4n) is 0.528. The van der Waals surface area contributed by atoms with Crippen molar-refractivity contribution in [3.8, 4) is 0 Å². The van der Waals surface area contributed by atoms with Crippen LogP contribution in [-0.4, -0.2) is 51.6 Å². The van der Waals surface area contributed by atoms with E-state index < -0.39 is 31.3 Å². The molecule has 11 heavy (non-hydrogen) atoms. The van der Waals surface area contributed by atoms with Crippen molar-refractivity contribution in [2.45, 2.75) is 24.7 Å². The summed E-state index contributed by atoms with van der Waals surface area (Å²) in [5, 5.41) is 35.1. The molecule has 0 bridgehead atoms. The predicted octanol–water partition coefficient (Wildman–Crippen LogP) is -2.35. The topological polar surface area (TPSA) is 98.0 Å². The average molecular weight is 166 g/mol. The van der Waals surface area contributed by atoms with E-state index in [2.05, 4.69) is 0 Å². The van der Waals surface area contributed by atoms with Crippen molar-refractivity contribution in [1.29, 1.82) is 0 Å². The number of aliphatic hydroxyl groups is 4. The zero-order valence-corrected chi connectivity index (χ0v) is 5.84. The molecule has 0 heterocycles. The number of aldehydes is 1. The molecule has 0 saturated heterocycles.